The molecule has 3 heterocycles. The number of hydrogen-bond acceptors (Lipinski definition) is 3. The summed E-state index contributed by atoms with van der Waals surface area (Å²) in [7, 11) is 1.93. The monoisotopic (exact) mass is 314 g/mol. The van der Waals surface area contributed by atoms with Crippen LogP contribution in [0.15, 0.2) is 17.5 Å². The molecule has 0 saturated carbocycles. The number of thiophene rings is 1. The summed E-state index contributed by atoms with van der Waals surface area (Å²) in [5, 5.41) is 5.70. The lowest BCUT2D eigenvalue weighted by Gasteiger charge is -2.29. The van der Waals surface area contributed by atoms with Crippen LogP contribution in [0.2, 0.25) is 0 Å². The Morgan fingerprint density at radius 3 is 2.70 bits per heavy atom. The van der Waals surface area contributed by atoms with Crippen LogP contribution < -0.4 is 5.32 Å². The quantitative estimate of drug-likeness (QED) is 0.926. The van der Waals surface area contributed by atoms with E-state index in [1.807, 2.05) is 18.0 Å². The molecule has 2 aliphatic heterocycles. The molecule has 5 heteroatoms. The minimum atomic E-state index is 0. The maximum atomic E-state index is 12.3. The van der Waals surface area contributed by atoms with Gasteiger partial charge in [-0.15, -0.1) is 23.7 Å². The number of nitrogens with zero attached hydrogens (tertiary/aromatic N) is 1. The summed E-state index contributed by atoms with van der Waals surface area (Å²) >= 11 is 1.72. The number of amides is 1. The molecule has 1 N–H and O–H groups in total. The van der Waals surface area contributed by atoms with E-state index in [1.165, 1.54) is 30.6 Å². The second-order valence-corrected chi connectivity index (χ2v) is 7.04. The Balaban J connectivity index is 0.00000147. The molecule has 2 atom stereocenters. The normalized spacial score (nSPS) is 27.9. The summed E-state index contributed by atoms with van der Waals surface area (Å²) in [5.74, 6) is 0.900. The molecule has 2 aliphatic rings. The van der Waals surface area contributed by atoms with E-state index in [0.29, 0.717) is 23.9 Å². The van der Waals surface area contributed by atoms with Crippen LogP contribution in [0.3, 0.4) is 0 Å². The predicted octanol–water partition coefficient (Wildman–Crippen LogP) is 3.05. The molecule has 112 valence electrons. The van der Waals surface area contributed by atoms with E-state index in [-0.39, 0.29) is 12.4 Å². The van der Waals surface area contributed by atoms with Crippen LogP contribution in [0, 0.1) is 5.92 Å². The van der Waals surface area contributed by atoms with Crippen LogP contribution in [-0.4, -0.2) is 29.9 Å². The molecule has 0 aromatic carbocycles. The van der Waals surface area contributed by atoms with E-state index in [2.05, 4.69) is 16.8 Å². The number of piperidine rings is 1. The SMILES string of the molecule is CN(Cc1cccs1)C(=O)CC1CC2CCC(C1)N2.Cl. The van der Waals surface area contributed by atoms with Crippen molar-refractivity contribution in [1.82, 2.24) is 10.2 Å². The first kappa shape index (κ1) is 15.8. The van der Waals surface area contributed by atoms with E-state index < -0.39 is 0 Å². The van der Waals surface area contributed by atoms with Gasteiger partial charge in [0.15, 0.2) is 0 Å². The highest BCUT2D eigenvalue weighted by atomic mass is 35.5. The van der Waals surface area contributed by atoms with E-state index in [9.17, 15) is 4.79 Å². The first-order valence-electron chi connectivity index (χ1n) is 7.23. The van der Waals surface area contributed by atoms with Crippen LogP contribution in [0.25, 0.3) is 0 Å². The fraction of sp³-hybridized carbons (Fsp3) is 0.667. The summed E-state index contributed by atoms with van der Waals surface area (Å²) in [6.07, 6.45) is 5.72. The third kappa shape index (κ3) is 3.74. The minimum Gasteiger partial charge on any atom is -0.341 e. The Kier molecular flexibility index (Phi) is 5.47. The van der Waals surface area contributed by atoms with Crippen LogP contribution in [0.5, 0.6) is 0 Å². The fourth-order valence-electron chi connectivity index (χ4n) is 3.47. The van der Waals surface area contributed by atoms with Crippen molar-refractivity contribution in [2.45, 2.75) is 50.7 Å². The molecule has 0 radical (unpaired) electrons. The van der Waals surface area contributed by atoms with E-state index in [1.54, 1.807) is 11.3 Å². The van der Waals surface area contributed by atoms with Gasteiger partial charge in [-0.3, -0.25) is 4.79 Å². The summed E-state index contributed by atoms with van der Waals surface area (Å²) in [4.78, 5) is 15.4. The molecule has 0 aliphatic carbocycles. The Hall–Kier alpha value is -0.580. The molecule has 2 saturated heterocycles. The van der Waals surface area contributed by atoms with Crippen molar-refractivity contribution < 1.29 is 4.79 Å². The van der Waals surface area contributed by atoms with Crippen LogP contribution in [-0.2, 0) is 11.3 Å². The average molecular weight is 315 g/mol. The molecule has 2 fully saturated rings. The van der Waals surface area contributed by atoms with Crippen molar-refractivity contribution in [1.29, 1.82) is 0 Å². The Labute approximate surface area is 131 Å². The highest BCUT2D eigenvalue weighted by Gasteiger charge is 2.34. The fourth-order valence-corrected chi connectivity index (χ4v) is 4.23. The second-order valence-electron chi connectivity index (χ2n) is 6.01. The maximum Gasteiger partial charge on any atom is 0.222 e. The standard InChI is InChI=1S/C15H22N2OS.ClH/c1-17(10-14-3-2-6-19-14)15(18)9-11-7-12-4-5-13(8-11)16-12;/h2-3,6,11-13,16H,4-5,7-10H2,1H3;1H. The molecule has 2 bridgehead atoms. The summed E-state index contributed by atoms with van der Waals surface area (Å²) in [6, 6.07) is 5.50. The zero-order valence-corrected chi connectivity index (χ0v) is 13.5. The zero-order valence-electron chi connectivity index (χ0n) is 11.9. The number of halogens is 1. The van der Waals surface area contributed by atoms with Crippen LogP contribution in [0.4, 0.5) is 0 Å². The number of fused-ring (bicyclic) bond motifs is 2. The topological polar surface area (TPSA) is 32.3 Å². The number of nitrogens with one attached hydrogen (secondary N) is 1. The molecule has 3 rings (SSSR count). The predicted molar refractivity (Wildman–Crippen MR) is 85.3 cm³/mol. The van der Waals surface area contributed by atoms with Crippen molar-refractivity contribution >= 4 is 29.7 Å². The van der Waals surface area contributed by atoms with E-state index >= 15 is 0 Å². The van der Waals surface area contributed by atoms with Gasteiger partial charge in [0.05, 0.1) is 6.54 Å². The van der Waals surface area contributed by atoms with Gasteiger partial charge >= 0.3 is 0 Å². The lowest BCUT2D eigenvalue weighted by atomic mass is 9.89. The zero-order chi connectivity index (χ0) is 13.2. The third-order valence-electron chi connectivity index (χ3n) is 4.43. The third-order valence-corrected chi connectivity index (χ3v) is 5.29. The molecule has 1 aromatic rings. The largest absolute Gasteiger partial charge is 0.341 e. The Bertz CT molecular complexity index is 425. The van der Waals surface area contributed by atoms with Gasteiger partial charge in [0, 0.05) is 30.4 Å². The summed E-state index contributed by atoms with van der Waals surface area (Å²) in [6.45, 7) is 0.758. The van der Waals surface area contributed by atoms with Crippen molar-refractivity contribution in [2.75, 3.05) is 7.05 Å². The number of carbonyl (C=O) groups excluding carboxylic acids is 1. The second kappa shape index (κ2) is 6.92. The highest BCUT2D eigenvalue weighted by Crippen LogP contribution is 2.33. The van der Waals surface area contributed by atoms with E-state index in [0.717, 1.165) is 13.0 Å². The molecular weight excluding hydrogens is 292 g/mol. The van der Waals surface area contributed by atoms with Crippen molar-refractivity contribution in [2.24, 2.45) is 5.92 Å². The van der Waals surface area contributed by atoms with Gasteiger partial charge in [0.1, 0.15) is 0 Å². The summed E-state index contributed by atoms with van der Waals surface area (Å²) < 4.78 is 0. The molecule has 0 spiro atoms. The molecule has 20 heavy (non-hydrogen) atoms. The van der Waals surface area contributed by atoms with Gasteiger partial charge in [-0.1, -0.05) is 6.07 Å². The number of hydrogen-bond donors (Lipinski definition) is 1. The molecule has 2 unspecified atom stereocenters. The Morgan fingerprint density at radius 1 is 1.40 bits per heavy atom. The number of rotatable bonds is 4. The molecule has 3 nitrogen and oxygen atoms in total. The van der Waals surface area contributed by atoms with Crippen LogP contribution >= 0.6 is 23.7 Å². The lowest BCUT2D eigenvalue weighted by Crippen LogP contribution is -2.39. The van der Waals surface area contributed by atoms with Gasteiger partial charge in [-0.25, -0.2) is 0 Å². The molecule has 1 amide bonds. The van der Waals surface area contributed by atoms with Gasteiger partial charge in [-0.2, -0.15) is 0 Å². The lowest BCUT2D eigenvalue weighted by molar-refractivity contribution is -0.131. The average Bonchev–Trinajstić information content (AvgIpc) is 2.99. The van der Waals surface area contributed by atoms with Crippen LogP contribution in [0.1, 0.15) is 37.0 Å². The number of carbonyl (C=O) groups is 1. The van der Waals surface area contributed by atoms with Crippen molar-refractivity contribution in [3.05, 3.63) is 22.4 Å². The maximum absolute atomic E-state index is 12.3. The van der Waals surface area contributed by atoms with E-state index in [4.69, 9.17) is 0 Å². The van der Waals surface area contributed by atoms with Gasteiger partial charge in [0.2, 0.25) is 5.91 Å². The first-order chi connectivity index (χ1) is 9.20. The molecule has 1 aromatic heterocycles. The molecular formula is C15H23ClN2OS. The smallest absolute Gasteiger partial charge is 0.222 e. The highest BCUT2D eigenvalue weighted by molar-refractivity contribution is 7.09. The van der Waals surface area contributed by atoms with Crippen molar-refractivity contribution in [3.8, 4) is 0 Å². The van der Waals surface area contributed by atoms with Gasteiger partial charge in [0.25, 0.3) is 0 Å². The van der Waals surface area contributed by atoms with Gasteiger partial charge < -0.3 is 10.2 Å². The van der Waals surface area contributed by atoms with Gasteiger partial charge in [-0.05, 0) is 43.0 Å². The first-order valence-corrected chi connectivity index (χ1v) is 8.11. The summed E-state index contributed by atoms with van der Waals surface area (Å²) in [5.41, 5.74) is 0. The van der Waals surface area contributed by atoms with Crippen molar-refractivity contribution in [3.63, 3.8) is 0 Å². The minimum absolute atomic E-state index is 0. The Morgan fingerprint density at radius 2 is 2.10 bits per heavy atom.